The van der Waals surface area contributed by atoms with Crippen molar-refractivity contribution in [3.63, 3.8) is 0 Å². The molecule has 150 valence electrons. The molecule has 2 aromatic rings. The molecule has 0 aliphatic carbocycles. The van der Waals surface area contributed by atoms with Crippen LogP contribution < -0.4 is 0 Å². The second kappa shape index (κ2) is 11.5. The minimum atomic E-state index is -0.0950. The molecular weight excluding hydrogens is 358 g/mol. The molecule has 0 spiro atoms. The molecule has 0 aliphatic heterocycles. The predicted molar refractivity (Wildman–Crippen MR) is 106 cm³/mol. The Kier molecular flexibility index (Phi) is 8.97. The van der Waals surface area contributed by atoms with Crippen LogP contribution in [0.25, 0.3) is 0 Å². The van der Waals surface area contributed by atoms with E-state index in [2.05, 4.69) is 0 Å². The molecule has 0 saturated carbocycles. The molecule has 0 heterocycles. The third-order valence-electron chi connectivity index (χ3n) is 4.20. The molecule has 6 nitrogen and oxygen atoms in total. The van der Waals surface area contributed by atoms with Gasteiger partial charge in [0.15, 0.2) is 11.6 Å². The van der Waals surface area contributed by atoms with Gasteiger partial charge in [-0.15, -0.1) is 0 Å². The molecule has 0 unspecified atom stereocenters. The average Bonchev–Trinajstić information content (AvgIpc) is 2.69. The van der Waals surface area contributed by atoms with Gasteiger partial charge < -0.3 is 14.7 Å². The van der Waals surface area contributed by atoms with Crippen LogP contribution in [0.5, 0.6) is 0 Å². The van der Waals surface area contributed by atoms with Crippen molar-refractivity contribution < 1.29 is 24.3 Å². The van der Waals surface area contributed by atoms with Gasteiger partial charge in [0.1, 0.15) is 13.2 Å². The van der Waals surface area contributed by atoms with Crippen molar-refractivity contribution in [3.8, 4) is 0 Å². The summed E-state index contributed by atoms with van der Waals surface area (Å²) in [5.41, 5.74) is 3.41. The zero-order valence-electron chi connectivity index (χ0n) is 16.4. The summed E-state index contributed by atoms with van der Waals surface area (Å²) in [7, 11) is 0. The number of carbonyl (C=O) groups is 2. The van der Waals surface area contributed by atoms with Gasteiger partial charge in [0.2, 0.25) is 0 Å². The molecule has 1 N–H and O–H groups in total. The molecular formula is C22H27NO5. The molecule has 0 amide bonds. The maximum Gasteiger partial charge on any atom is 0.188 e. The minimum Gasteiger partial charge on any atom is -0.372 e. The number of aryl methyl sites for hydroxylation is 2. The van der Waals surface area contributed by atoms with Crippen LogP contribution >= 0.6 is 0 Å². The van der Waals surface area contributed by atoms with E-state index in [4.69, 9.17) is 9.47 Å². The summed E-state index contributed by atoms with van der Waals surface area (Å²) in [5, 5.41) is 10.8. The van der Waals surface area contributed by atoms with Gasteiger partial charge in [0.25, 0.3) is 0 Å². The summed E-state index contributed by atoms with van der Waals surface area (Å²) in [5.74, 6) is -0.190. The van der Waals surface area contributed by atoms with Crippen molar-refractivity contribution in [2.24, 2.45) is 0 Å². The Morgan fingerprint density at radius 1 is 0.750 bits per heavy atom. The lowest BCUT2D eigenvalue weighted by atomic mass is 10.1. The van der Waals surface area contributed by atoms with Crippen molar-refractivity contribution >= 4 is 11.6 Å². The quantitative estimate of drug-likeness (QED) is 0.344. The number of ketones is 2. The first-order valence-electron chi connectivity index (χ1n) is 9.25. The Morgan fingerprint density at radius 2 is 1.11 bits per heavy atom. The Balaban J connectivity index is 1.54. The van der Waals surface area contributed by atoms with E-state index in [1.165, 1.54) is 0 Å². The maximum absolute atomic E-state index is 12.0. The highest BCUT2D eigenvalue weighted by Crippen LogP contribution is 2.05. The fraction of sp³-hybridized carbons (Fsp3) is 0.364. The van der Waals surface area contributed by atoms with E-state index >= 15 is 0 Å². The topological polar surface area (TPSA) is 76.1 Å². The highest BCUT2D eigenvalue weighted by Gasteiger charge is 2.08. The van der Waals surface area contributed by atoms with Crippen molar-refractivity contribution in [3.05, 3.63) is 70.8 Å². The third-order valence-corrected chi connectivity index (χ3v) is 4.20. The SMILES string of the molecule is Cc1ccc(C(=O)COCCN(O)CCOCC(=O)c2ccc(C)cc2)cc1. The number of rotatable bonds is 12. The summed E-state index contributed by atoms with van der Waals surface area (Å²) in [6.45, 7) is 4.79. The zero-order valence-corrected chi connectivity index (χ0v) is 16.4. The Hall–Kier alpha value is -2.38. The first-order chi connectivity index (χ1) is 13.5. The molecule has 0 radical (unpaired) electrons. The highest BCUT2D eigenvalue weighted by molar-refractivity contribution is 5.97. The number of hydrogen-bond donors (Lipinski definition) is 1. The Bertz CT molecular complexity index is 690. The molecule has 0 saturated heterocycles. The van der Waals surface area contributed by atoms with Crippen LogP contribution in [0.4, 0.5) is 0 Å². The second-order valence-electron chi connectivity index (χ2n) is 6.64. The predicted octanol–water partition coefficient (Wildman–Crippen LogP) is 3.09. The Labute approximate surface area is 165 Å². The van der Waals surface area contributed by atoms with Crippen LogP contribution in [0, 0.1) is 13.8 Å². The van der Waals surface area contributed by atoms with Crippen LogP contribution in [0.3, 0.4) is 0 Å². The largest absolute Gasteiger partial charge is 0.372 e. The van der Waals surface area contributed by atoms with Crippen LogP contribution in [0.2, 0.25) is 0 Å². The van der Waals surface area contributed by atoms with Gasteiger partial charge in [-0.1, -0.05) is 59.7 Å². The van der Waals surface area contributed by atoms with Crippen LogP contribution in [-0.4, -0.2) is 61.4 Å². The molecule has 6 heteroatoms. The molecule has 0 aromatic heterocycles. The van der Waals surface area contributed by atoms with E-state index in [0.717, 1.165) is 16.2 Å². The molecule has 0 atom stereocenters. The number of hydrogen-bond acceptors (Lipinski definition) is 6. The summed E-state index contributed by atoms with van der Waals surface area (Å²) in [6.07, 6.45) is 0. The van der Waals surface area contributed by atoms with Crippen molar-refractivity contribution in [2.45, 2.75) is 13.8 Å². The van der Waals surface area contributed by atoms with E-state index < -0.39 is 0 Å². The standard InChI is InChI=1S/C22H27NO5/c1-17-3-7-19(8-4-17)21(24)15-27-13-11-23(26)12-14-28-16-22(25)20-9-5-18(2)6-10-20/h3-10,26H,11-16H2,1-2H3. The van der Waals surface area contributed by atoms with Gasteiger partial charge in [-0.25, -0.2) is 0 Å². The van der Waals surface area contributed by atoms with Crippen LogP contribution in [0.15, 0.2) is 48.5 Å². The lowest BCUT2D eigenvalue weighted by Crippen LogP contribution is -2.29. The number of benzene rings is 2. The smallest absolute Gasteiger partial charge is 0.188 e. The molecule has 2 rings (SSSR count). The maximum atomic E-state index is 12.0. The Morgan fingerprint density at radius 3 is 1.46 bits per heavy atom. The zero-order chi connectivity index (χ0) is 20.4. The summed E-state index contributed by atoms with van der Waals surface area (Å²) < 4.78 is 10.6. The monoisotopic (exact) mass is 385 g/mol. The normalized spacial score (nSPS) is 11.0. The number of nitrogens with zero attached hydrogens (tertiary/aromatic N) is 1. The fourth-order valence-corrected chi connectivity index (χ4v) is 2.43. The average molecular weight is 385 g/mol. The molecule has 0 bridgehead atoms. The van der Waals surface area contributed by atoms with E-state index in [9.17, 15) is 14.8 Å². The molecule has 0 aliphatic rings. The van der Waals surface area contributed by atoms with Crippen molar-refractivity contribution in [2.75, 3.05) is 39.5 Å². The van der Waals surface area contributed by atoms with Gasteiger partial charge in [-0.05, 0) is 13.8 Å². The number of ether oxygens (including phenoxy) is 2. The van der Waals surface area contributed by atoms with Crippen LogP contribution in [0.1, 0.15) is 31.8 Å². The van der Waals surface area contributed by atoms with Gasteiger partial charge in [0.05, 0.1) is 13.2 Å². The number of Topliss-reactive ketones (excluding diaryl/α,β-unsaturated/α-hetero) is 2. The fourth-order valence-electron chi connectivity index (χ4n) is 2.43. The summed E-state index contributed by atoms with van der Waals surface area (Å²) >= 11 is 0. The molecule has 28 heavy (non-hydrogen) atoms. The van der Waals surface area contributed by atoms with Gasteiger partial charge in [-0.2, -0.15) is 5.06 Å². The van der Waals surface area contributed by atoms with E-state index in [1.54, 1.807) is 24.3 Å². The van der Waals surface area contributed by atoms with Gasteiger partial charge in [0, 0.05) is 24.2 Å². The summed E-state index contributed by atoms with van der Waals surface area (Å²) in [4.78, 5) is 23.9. The van der Waals surface area contributed by atoms with E-state index in [1.807, 2.05) is 38.1 Å². The van der Waals surface area contributed by atoms with Crippen molar-refractivity contribution in [1.82, 2.24) is 5.06 Å². The molecule has 2 aromatic carbocycles. The third kappa shape index (κ3) is 7.70. The van der Waals surface area contributed by atoms with Gasteiger partial charge >= 0.3 is 0 Å². The minimum absolute atomic E-state index is 0.0293. The van der Waals surface area contributed by atoms with Crippen LogP contribution in [-0.2, 0) is 9.47 Å². The number of hydroxylamine groups is 2. The second-order valence-corrected chi connectivity index (χ2v) is 6.64. The number of carbonyl (C=O) groups excluding carboxylic acids is 2. The molecule has 0 fully saturated rings. The lowest BCUT2D eigenvalue weighted by Gasteiger charge is -2.14. The van der Waals surface area contributed by atoms with E-state index in [0.29, 0.717) is 11.1 Å². The first-order valence-corrected chi connectivity index (χ1v) is 9.25. The van der Waals surface area contributed by atoms with Gasteiger partial charge in [-0.3, -0.25) is 9.59 Å². The lowest BCUT2D eigenvalue weighted by molar-refractivity contribution is -0.113. The van der Waals surface area contributed by atoms with E-state index in [-0.39, 0.29) is 51.1 Å². The highest BCUT2D eigenvalue weighted by atomic mass is 16.5. The first kappa shape index (κ1) is 21.9. The van der Waals surface area contributed by atoms with Crippen molar-refractivity contribution in [1.29, 1.82) is 0 Å². The summed E-state index contributed by atoms with van der Waals surface area (Å²) in [6, 6.07) is 14.6.